The van der Waals surface area contributed by atoms with Gasteiger partial charge in [0.15, 0.2) is 0 Å². The van der Waals surface area contributed by atoms with Crippen molar-refractivity contribution in [2.75, 3.05) is 25.1 Å². The van der Waals surface area contributed by atoms with E-state index in [1.165, 1.54) is 25.4 Å². The fourth-order valence-electron chi connectivity index (χ4n) is 3.08. The number of carbonyl (C=O) groups excluding carboxylic acids is 1. The van der Waals surface area contributed by atoms with Crippen molar-refractivity contribution in [3.63, 3.8) is 0 Å². The molecule has 0 unspecified atom stereocenters. The second-order valence-corrected chi connectivity index (χ2v) is 6.13. The van der Waals surface area contributed by atoms with Crippen LogP contribution in [0.1, 0.15) is 11.1 Å². The summed E-state index contributed by atoms with van der Waals surface area (Å²) < 4.78 is 18.5. The molecule has 0 radical (unpaired) electrons. The maximum absolute atomic E-state index is 13.0. The van der Waals surface area contributed by atoms with Gasteiger partial charge in [-0.1, -0.05) is 12.1 Å². The van der Waals surface area contributed by atoms with Gasteiger partial charge in [-0.15, -0.1) is 0 Å². The van der Waals surface area contributed by atoms with Crippen molar-refractivity contribution in [3.05, 3.63) is 65.6 Å². The first kappa shape index (κ1) is 18.4. The fourth-order valence-corrected chi connectivity index (χ4v) is 3.08. The van der Waals surface area contributed by atoms with Crippen LogP contribution in [0.15, 0.2) is 48.7 Å². The largest absolute Gasteiger partial charge is 0.496 e. The Hall–Kier alpha value is -3.35. The monoisotopic (exact) mass is 368 g/mol. The summed E-state index contributed by atoms with van der Waals surface area (Å²) in [5.41, 5.74) is 8.37. The molecule has 1 aliphatic heterocycles. The number of benzene rings is 2. The minimum atomic E-state index is -0.295. The number of urea groups is 1. The van der Waals surface area contributed by atoms with Crippen LogP contribution in [0, 0.1) is 11.2 Å². The number of hydrogen-bond donors (Lipinski definition) is 2. The van der Waals surface area contributed by atoms with E-state index in [2.05, 4.69) is 0 Å². The number of allylic oxidation sites excluding steroid dienone is 1. The third-order valence-electron chi connectivity index (χ3n) is 4.52. The molecule has 140 valence electrons. The van der Waals surface area contributed by atoms with Gasteiger partial charge in [0.1, 0.15) is 11.6 Å². The summed E-state index contributed by atoms with van der Waals surface area (Å²) in [6.45, 7) is 1.56. The van der Waals surface area contributed by atoms with Crippen LogP contribution in [-0.4, -0.2) is 37.3 Å². The summed E-state index contributed by atoms with van der Waals surface area (Å²) in [6.07, 6.45) is 2.50. The van der Waals surface area contributed by atoms with Gasteiger partial charge < -0.3 is 20.8 Å². The van der Waals surface area contributed by atoms with Gasteiger partial charge in [-0.3, -0.25) is 4.90 Å². The molecule has 1 saturated heterocycles. The maximum atomic E-state index is 13.0. The van der Waals surface area contributed by atoms with E-state index in [-0.39, 0.29) is 11.8 Å². The molecule has 0 bridgehead atoms. The van der Waals surface area contributed by atoms with Gasteiger partial charge in [0.05, 0.1) is 7.11 Å². The number of anilines is 1. The minimum absolute atomic E-state index is 0.115. The van der Waals surface area contributed by atoms with Crippen molar-refractivity contribution >= 4 is 23.5 Å². The Morgan fingerprint density at radius 2 is 2.00 bits per heavy atom. The summed E-state index contributed by atoms with van der Waals surface area (Å²) in [5, 5.41) is 7.44. The molecule has 7 heteroatoms. The number of nitrogens with two attached hydrogens (primary N) is 1. The molecule has 2 aromatic rings. The van der Waals surface area contributed by atoms with E-state index in [0.717, 1.165) is 11.8 Å². The molecule has 27 heavy (non-hydrogen) atoms. The lowest BCUT2D eigenvalue weighted by Crippen LogP contribution is -2.31. The first-order valence-electron chi connectivity index (χ1n) is 8.49. The van der Waals surface area contributed by atoms with E-state index in [9.17, 15) is 9.18 Å². The molecule has 2 amide bonds. The molecule has 3 rings (SSSR count). The highest BCUT2D eigenvalue weighted by Gasteiger charge is 2.30. The number of nitrogens with one attached hydrogen (secondary N) is 1. The SMILES string of the molecule is COc1cc(N2CCN(Cc3ccc(F)cc3)C2=O)ccc1/C(C=N)=C/N. The first-order chi connectivity index (χ1) is 13.1. The number of ether oxygens (including phenoxy) is 1. The van der Waals surface area contributed by atoms with Gasteiger partial charge in [-0.05, 0) is 29.8 Å². The number of hydrogen-bond acceptors (Lipinski definition) is 4. The van der Waals surface area contributed by atoms with Crippen molar-refractivity contribution in [2.45, 2.75) is 6.54 Å². The quantitative estimate of drug-likeness (QED) is 0.768. The van der Waals surface area contributed by atoms with Gasteiger partial charge in [0.2, 0.25) is 0 Å². The van der Waals surface area contributed by atoms with Crippen LogP contribution in [0.5, 0.6) is 5.75 Å². The summed E-state index contributed by atoms with van der Waals surface area (Å²) in [4.78, 5) is 16.2. The highest BCUT2D eigenvalue weighted by atomic mass is 19.1. The van der Waals surface area contributed by atoms with Crippen molar-refractivity contribution in [3.8, 4) is 5.75 Å². The van der Waals surface area contributed by atoms with Gasteiger partial charge in [-0.2, -0.15) is 0 Å². The van der Waals surface area contributed by atoms with Crippen molar-refractivity contribution in [1.29, 1.82) is 5.41 Å². The van der Waals surface area contributed by atoms with Crippen LogP contribution in [0.2, 0.25) is 0 Å². The zero-order valence-corrected chi connectivity index (χ0v) is 15.0. The molecule has 1 heterocycles. The smallest absolute Gasteiger partial charge is 0.324 e. The zero-order chi connectivity index (χ0) is 19.4. The van der Waals surface area contributed by atoms with Crippen LogP contribution in [0.3, 0.4) is 0 Å². The lowest BCUT2D eigenvalue weighted by molar-refractivity contribution is 0.219. The van der Waals surface area contributed by atoms with E-state index >= 15 is 0 Å². The number of rotatable bonds is 6. The summed E-state index contributed by atoms with van der Waals surface area (Å²) >= 11 is 0. The van der Waals surface area contributed by atoms with Gasteiger partial charge in [-0.25, -0.2) is 9.18 Å². The number of nitrogens with zero attached hydrogens (tertiary/aromatic N) is 2. The first-order valence-corrected chi connectivity index (χ1v) is 8.49. The Morgan fingerprint density at radius 3 is 2.63 bits per heavy atom. The van der Waals surface area contributed by atoms with Crippen LogP contribution >= 0.6 is 0 Å². The summed E-state index contributed by atoms with van der Waals surface area (Å²) in [6, 6.07) is 11.4. The van der Waals surface area contributed by atoms with E-state index in [1.54, 1.807) is 34.1 Å². The van der Waals surface area contributed by atoms with E-state index < -0.39 is 0 Å². The Labute approximate surface area is 157 Å². The van der Waals surface area contributed by atoms with Crippen LogP contribution in [0.25, 0.3) is 5.57 Å². The molecule has 0 aromatic heterocycles. The Balaban J connectivity index is 1.80. The Bertz CT molecular complexity index is 880. The average Bonchev–Trinajstić information content (AvgIpc) is 3.05. The standard InChI is InChI=1S/C20H21FN4O2/c1-27-19-10-17(6-7-18(19)15(11-22)12-23)25-9-8-24(20(25)26)13-14-2-4-16(21)5-3-14/h2-7,10-12,22H,8-9,13,23H2,1H3/b15-12+,22-11?. The molecule has 6 nitrogen and oxygen atoms in total. The van der Waals surface area contributed by atoms with E-state index in [4.69, 9.17) is 15.9 Å². The number of carbonyl (C=O) groups is 1. The second kappa shape index (κ2) is 7.90. The summed E-state index contributed by atoms with van der Waals surface area (Å²) in [5.74, 6) is 0.244. The molecule has 1 fully saturated rings. The molecular weight excluding hydrogens is 347 g/mol. The molecule has 0 saturated carbocycles. The van der Waals surface area contributed by atoms with E-state index in [1.807, 2.05) is 6.07 Å². The van der Waals surface area contributed by atoms with Crippen LogP contribution < -0.4 is 15.4 Å². The summed E-state index contributed by atoms with van der Waals surface area (Å²) in [7, 11) is 1.54. The topological polar surface area (TPSA) is 82.7 Å². The van der Waals surface area contributed by atoms with Gasteiger partial charge in [0, 0.05) is 54.9 Å². The fraction of sp³-hybridized carbons (Fsp3) is 0.200. The van der Waals surface area contributed by atoms with E-state index in [0.29, 0.717) is 42.2 Å². The maximum Gasteiger partial charge on any atom is 0.324 e. The number of amides is 2. The zero-order valence-electron chi connectivity index (χ0n) is 15.0. The molecule has 0 spiro atoms. The van der Waals surface area contributed by atoms with Gasteiger partial charge in [0.25, 0.3) is 0 Å². The molecule has 0 aliphatic carbocycles. The van der Waals surface area contributed by atoms with Gasteiger partial charge >= 0.3 is 6.03 Å². The number of halogens is 1. The van der Waals surface area contributed by atoms with Crippen molar-refractivity contribution in [1.82, 2.24) is 4.90 Å². The lowest BCUT2D eigenvalue weighted by Gasteiger charge is -2.20. The minimum Gasteiger partial charge on any atom is -0.496 e. The predicted molar refractivity (Wildman–Crippen MR) is 103 cm³/mol. The van der Waals surface area contributed by atoms with Crippen LogP contribution in [0.4, 0.5) is 14.9 Å². The second-order valence-electron chi connectivity index (χ2n) is 6.13. The third-order valence-corrected chi connectivity index (χ3v) is 4.52. The molecular formula is C20H21FN4O2. The highest BCUT2D eigenvalue weighted by Crippen LogP contribution is 2.31. The molecule has 1 aliphatic rings. The normalized spacial score (nSPS) is 14.6. The Kier molecular flexibility index (Phi) is 5.40. The molecule has 3 N–H and O–H groups in total. The molecule has 0 atom stereocenters. The number of methoxy groups -OCH3 is 1. The predicted octanol–water partition coefficient (Wildman–Crippen LogP) is 3.23. The van der Waals surface area contributed by atoms with Crippen molar-refractivity contribution in [2.24, 2.45) is 5.73 Å². The average molecular weight is 368 g/mol. The Morgan fingerprint density at radius 1 is 1.26 bits per heavy atom. The molecule has 2 aromatic carbocycles. The third kappa shape index (κ3) is 3.76. The lowest BCUT2D eigenvalue weighted by atomic mass is 10.1. The van der Waals surface area contributed by atoms with Crippen molar-refractivity contribution < 1.29 is 13.9 Å². The van der Waals surface area contributed by atoms with Crippen LogP contribution in [-0.2, 0) is 6.54 Å². The highest BCUT2D eigenvalue weighted by molar-refractivity contribution is 6.09.